The lowest BCUT2D eigenvalue weighted by Gasteiger charge is -2.35. The van der Waals surface area contributed by atoms with Crippen molar-refractivity contribution in [1.29, 1.82) is 0 Å². The van der Waals surface area contributed by atoms with Gasteiger partial charge in [0, 0.05) is 50.3 Å². The number of phenols is 1. The van der Waals surface area contributed by atoms with Gasteiger partial charge in [-0.05, 0) is 18.1 Å². The van der Waals surface area contributed by atoms with Gasteiger partial charge in [-0.15, -0.1) is 12.4 Å². The van der Waals surface area contributed by atoms with E-state index < -0.39 is 18.6 Å². The minimum Gasteiger partial charge on any atom is -0.507 e. The molecular formula is C21H26ClF3N2O2. The summed E-state index contributed by atoms with van der Waals surface area (Å²) in [7, 11) is 0. The molecule has 1 aliphatic rings. The van der Waals surface area contributed by atoms with E-state index in [1.807, 2.05) is 35.2 Å². The first kappa shape index (κ1) is 23.3. The monoisotopic (exact) mass is 430 g/mol. The number of hydrogen-bond acceptors (Lipinski definition) is 4. The lowest BCUT2D eigenvalue weighted by molar-refractivity contribution is -0.138. The number of piperazine rings is 1. The van der Waals surface area contributed by atoms with Crippen LogP contribution in [0, 0.1) is 0 Å². The Balaban J connectivity index is 0.00000300. The molecule has 4 nitrogen and oxygen atoms in total. The van der Waals surface area contributed by atoms with Crippen LogP contribution in [0.15, 0.2) is 48.5 Å². The number of aromatic hydroxyl groups is 1. The molecule has 8 heteroatoms. The second-order valence-electron chi connectivity index (χ2n) is 6.95. The number of phenolic OH excluding ortho intramolecular Hbond substituents is 1. The molecule has 29 heavy (non-hydrogen) atoms. The maximum absolute atomic E-state index is 12.8. The van der Waals surface area contributed by atoms with E-state index in [4.69, 9.17) is 4.74 Å². The number of halogens is 4. The highest BCUT2D eigenvalue weighted by atomic mass is 35.5. The predicted octanol–water partition coefficient (Wildman–Crippen LogP) is 4.68. The maximum Gasteiger partial charge on any atom is 0.389 e. The first-order chi connectivity index (χ1) is 13.4. The van der Waals surface area contributed by atoms with E-state index >= 15 is 0 Å². The van der Waals surface area contributed by atoms with Gasteiger partial charge >= 0.3 is 6.18 Å². The van der Waals surface area contributed by atoms with E-state index in [0.717, 1.165) is 18.7 Å². The number of nitrogens with zero attached hydrogens (tertiary/aromatic N) is 1. The molecular weight excluding hydrogens is 405 g/mol. The fourth-order valence-corrected chi connectivity index (χ4v) is 3.46. The van der Waals surface area contributed by atoms with Crippen molar-refractivity contribution in [2.45, 2.75) is 31.7 Å². The van der Waals surface area contributed by atoms with Gasteiger partial charge in [0.25, 0.3) is 0 Å². The molecule has 160 valence electrons. The summed E-state index contributed by atoms with van der Waals surface area (Å²) >= 11 is 0. The molecule has 0 radical (unpaired) electrons. The van der Waals surface area contributed by atoms with Crippen molar-refractivity contribution in [3.05, 3.63) is 59.7 Å². The summed E-state index contributed by atoms with van der Waals surface area (Å²) in [6, 6.07) is 14.0. The van der Waals surface area contributed by atoms with Crippen molar-refractivity contribution < 1.29 is 23.0 Å². The van der Waals surface area contributed by atoms with Crippen LogP contribution in [0.3, 0.4) is 0 Å². The van der Waals surface area contributed by atoms with Gasteiger partial charge in [0.05, 0.1) is 0 Å². The molecule has 2 aromatic carbocycles. The SMILES string of the molecule is Cl.Oc1cc(OCc2ccccc2)ccc1[C@@H](CCC(F)(F)F)N1CCNCC1. The van der Waals surface area contributed by atoms with Gasteiger partial charge in [-0.3, -0.25) is 4.90 Å². The van der Waals surface area contributed by atoms with Gasteiger partial charge < -0.3 is 15.2 Å². The molecule has 0 spiro atoms. The summed E-state index contributed by atoms with van der Waals surface area (Å²) in [6.45, 7) is 3.10. The normalized spacial score (nSPS) is 16.1. The summed E-state index contributed by atoms with van der Waals surface area (Å²) in [5, 5.41) is 13.7. The topological polar surface area (TPSA) is 44.7 Å². The first-order valence-corrected chi connectivity index (χ1v) is 9.43. The third-order valence-electron chi connectivity index (χ3n) is 4.90. The average Bonchev–Trinajstić information content (AvgIpc) is 2.68. The molecule has 0 aliphatic carbocycles. The smallest absolute Gasteiger partial charge is 0.389 e. The quantitative estimate of drug-likeness (QED) is 0.669. The van der Waals surface area contributed by atoms with Crippen LogP contribution in [-0.4, -0.2) is 42.4 Å². The Labute approximate surface area is 175 Å². The summed E-state index contributed by atoms with van der Waals surface area (Å²) in [4.78, 5) is 2.00. The molecule has 1 atom stereocenters. The van der Waals surface area contributed by atoms with Gasteiger partial charge in [0.1, 0.15) is 18.1 Å². The number of rotatable bonds is 7. The fourth-order valence-electron chi connectivity index (χ4n) is 3.46. The van der Waals surface area contributed by atoms with Crippen molar-refractivity contribution in [2.24, 2.45) is 0 Å². The van der Waals surface area contributed by atoms with E-state index in [2.05, 4.69) is 5.32 Å². The molecule has 0 bridgehead atoms. The van der Waals surface area contributed by atoms with Crippen molar-refractivity contribution >= 4 is 12.4 Å². The van der Waals surface area contributed by atoms with Crippen LogP contribution < -0.4 is 10.1 Å². The highest BCUT2D eigenvalue weighted by Crippen LogP contribution is 2.37. The van der Waals surface area contributed by atoms with Crippen molar-refractivity contribution in [3.8, 4) is 11.5 Å². The van der Waals surface area contributed by atoms with Crippen molar-refractivity contribution in [3.63, 3.8) is 0 Å². The highest BCUT2D eigenvalue weighted by Gasteiger charge is 2.32. The number of alkyl halides is 3. The first-order valence-electron chi connectivity index (χ1n) is 9.43. The molecule has 0 saturated carbocycles. The second-order valence-corrected chi connectivity index (χ2v) is 6.95. The summed E-state index contributed by atoms with van der Waals surface area (Å²) in [6.07, 6.45) is -5.19. The van der Waals surface area contributed by atoms with Crippen LogP contribution in [0.5, 0.6) is 11.5 Å². The van der Waals surface area contributed by atoms with Gasteiger partial charge in [0.15, 0.2) is 0 Å². The third-order valence-corrected chi connectivity index (χ3v) is 4.90. The zero-order valence-electron chi connectivity index (χ0n) is 16.0. The molecule has 0 unspecified atom stereocenters. The third kappa shape index (κ3) is 7.10. The number of nitrogens with one attached hydrogen (secondary N) is 1. The van der Waals surface area contributed by atoms with Crippen molar-refractivity contribution in [1.82, 2.24) is 10.2 Å². The molecule has 1 saturated heterocycles. The Kier molecular flexibility index (Phi) is 8.61. The largest absolute Gasteiger partial charge is 0.507 e. The zero-order chi connectivity index (χ0) is 20.0. The Morgan fingerprint density at radius 1 is 1.07 bits per heavy atom. The molecule has 0 amide bonds. The van der Waals surface area contributed by atoms with E-state index in [9.17, 15) is 18.3 Å². The van der Waals surface area contributed by atoms with Gasteiger partial charge in [-0.25, -0.2) is 0 Å². The summed E-state index contributed by atoms with van der Waals surface area (Å²) < 4.78 is 44.1. The highest BCUT2D eigenvalue weighted by molar-refractivity contribution is 5.85. The maximum atomic E-state index is 12.8. The Bertz CT molecular complexity index is 753. The Morgan fingerprint density at radius 2 is 1.76 bits per heavy atom. The van der Waals surface area contributed by atoms with E-state index in [1.54, 1.807) is 12.1 Å². The summed E-state index contributed by atoms with van der Waals surface area (Å²) in [5.41, 5.74) is 1.51. The van der Waals surface area contributed by atoms with Crippen LogP contribution in [0.2, 0.25) is 0 Å². The summed E-state index contributed by atoms with van der Waals surface area (Å²) in [5.74, 6) is 0.455. The van der Waals surface area contributed by atoms with E-state index in [1.165, 1.54) is 6.07 Å². The van der Waals surface area contributed by atoms with Gasteiger partial charge in [-0.1, -0.05) is 36.4 Å². The number of ether oxygens (including phenoxy) is 1. The lowest BCUT2D eigenvalue weighted by atomic mass is 9.98. The Hall–Kier alpha value is -1.96. The van der Waals surface area contributed by atoms with Crippen LogP contribution in [-0.2, 0) is 6.61 Å². The zero-order valence-corrected chi connectivity index (χ0v) is 16.8. The van der Waals surface area contributed by atoms with E-state index in [0.29, 0.717) is 31.0 Å². The lowest BCUT2D eigenvalue weighted by Crippen LogP contribution is -2.45. The van der Waals surface area contributed by atoms with Gasteiger partial charge in [0.2, 0.25) is 0 Å². The van der Waals surface area contributed by atoms with Crippen LogP contribution >= 0.6 is 12.4 Å². The minimum absolute atomic E-state index is 0. The minimum atomic E-state index is -4.22. The molecule has 2 aromatic rings. The van der Waals surface area contributed by atoms with E-state index in [-0.39, 0.29) is 24.6 Å². The van der Waals surface area contributed by atoms with Crippen molar-refractivity contribution in [2.75, 3.05) is 26.2 Å². The molecule has 1 heterocycles. The number of benzene rings is 2. The molecule has 1 aliphatic heterocycles. The number of hydrogen-bond donors (Lipinski definition) is 2. The molecule has 3 rings (SSSR count). The standard InChI is InChI=1S/C21H25F3N2O2.ClH/c22-21(23,24)9-8-19(26-12-10-25-11-13-26)18-7-6-17(14-20(18)27)28-15-16-4-2-1-3-5-16;/h1-7,14,19,25,27H,8-13,15H2;1H/t19-;/m1./s1. The van der Waals surface area contributed by atoms with Crippen LogP contribution in [0.4, 0.5) is 13.2 Å². The molecule has 2 N–H and O–H groups in total. The fraction of sp³-hybridized carbons (Fsp3) is 0.429. The average molecular weight is 431 g/mol. The molecule has 1 fully saturated rings. The van der Waals surface area contributed by atoms with Gasteiger partial charge in [-0.2, -0.15) is 13.2 Å². The predicted molar refractivity (Wildman–Crippen MR) is 109 cm³/mol. The molecule has 0 aromatic heterocycles. The van der Waals surface area contributed by atoms with Crippen LogP contribution in [0.1, 0.15) is 30.0 Å². The Morgan fingerprint density at radius 3 is 2.38 bits per heavy atom. The second kappa shape index (κ2) is 10.7. The van der Waals surface area contributed by atoms with Crippen LogP contribution in [0.25, 0.3) is 0 Å².